The molecule has 0 spiro atoms. The number of morpholine rings is 1. The number of rotatable bonds is 3. The van der Waals surface area contributed by atoms with Gasteiger partial charge in [-0.15, -0.1) is 11.3 Å². The van der Waals surface area contributed by atoms with Crippen LogP contribution >= 0.6 is 11.3 Å². The summed E-state index contributed by atoms with van der Waals surface area (Å²) in [6.45, 7) is 0.181. The fraction of sp³-hybridized carbons (Fsp3) is 0.333. The van der Waals surface area contributed by atoms with E-state index in [-0.39, 0.29) is 35.3 Å². The van der Waals surface area contributed by atoms with Gasteiger partial charge in [0.05, 0.1) is 19.3 Å². The molecule has 4 nitrogen and oxygen atoms in total. The van der Waals surface area contributed by atoms with Crippen LogP contribution in [0.1, 0.15) is 16.5 Å². The molecule has 1 unspecified atom stereocenters. The first-order valence-corrected chi connectivity index (χ1v) is 9.47. The van der Waals surface area contributed by atoms with Gasteiger partial charge in [0.25, 0.3) is 10.0 Å². The van der Waals surface area contributed by atoms with E-state index in [1.165, 1.54) is 24.3 Å². The first-order chi connectivity index (χ1) is 11.7. The smallest absolute Gasteiger partial charge is 0.378 e. The number of nitrogens with zero attached hydrogens (tertiary/aromatic N) is 1. The van der Waals surface area contributed by atoms with Gasteiger partial charge in [0, 0.05) is 6.54 Å². The third-order valence-electron chi connectivity index (χ3n) is 3.76. The summed E-state index contributed by atoms with van der Waals surface area (Å²) in [6, 6.07) is 6.25. The average Bonchev–Trinajstić information content (AvgIpc) is 3.07. The molecule has 2 aromatic rings. The van der Waals surface area contributed by atoms with Crippen LogP contribution in [-0.4, -0.2) is 32.5 Å². The lowest BCUT2D eigenvalue weighted by Crippen LogP contribution is -2.43. The molecule has 136 valence electrons. The highest BCUT2D eigenvalue weighted by molar-refractivity contribution is 7.91. The zero-order valence-corrected chi connectivity index (χ0v) is 14.3. The molecule has 0 N–H and O–H groups in total. The highest BCUT2D eigenvalue weighted by atomic mass is 32.2. The fourth-order valence-corrected chi connectivity index (χ4v) is 5.44. The van der Waals surface area contributed by atoms with Crippen molar-refractivity contribution in [3.8, 4) is 0 Å². The Balaban J connectivity index is 1.96. The van der Waals surface area contributed by atoms with Crippen LogP contribution in [0.25, 0.3) is 0 Å². The van der Waals surface area contributed by atoms with Gasteiger partial charge in [0.15, 0.2) is 0 Å². The normalized spacial score (nSPS) is 19.9. The van der Waals surface area contributed by atoms with Gasteiger partial charge in [0.2, 0.25) is 0 Å². The molecular formula is C15H13F4NO3S2. The average molecular weight is 395 g/mol. The van der Waals surface area contributed by atoms with Crippen LogP contribution < -0.4 is 0 Å². The zero-order chi connectivity index (χ0) is 18.2. The monoisotopic (exact) mass is 395 g/mol. The van der Waals surface area contributed by atoms with Crippen LogP contribution in [0.4, 0.5) is 17.6 Å². The molecule has 2 heterocycles. The van der Waals surface area contributed by atoms with E-state index in [9.17, 15) is 26.0 Å². The van der Waals surface area contributed by atoms with Gasteiger partial charge < -0.3 is 4.74 Å². The maximum atomic E-state index is 13.1. The van der Waals surface area contributed by atoms with Crippen molar-refractivity contribution in [2.24, 2.45) is 0 Å². The standard InChI is InChI=1S/C15H13F4NO3S2/c16-11-3-1-10(2-4-11)12-9-23-8-7-20(12)25(21,22)14-6-5-13(24-14)15(17,18)19/h1-6,12H,7-9H2. The summed E-state index contributed by atoms with van der Waals surface area (Å²) in [5, 5.41) is 0. The summed E-state index contributed by atoms with van der Waals surface area (Å²) in [5.41, 5.74) is 0.511. The quantitative estimate of drug-likeness (QED) is 0.745. The number of hydrogen-bond acceptors (Lipinski definition) is 4. The maximum absolute atomic E-state index is 13.1. The number of alkyl halides is 3. The Morgan fingerprint density at radius 3 is 2.40 bits per heavy atom. The van der Waals surface area contributed by atoms with E-state index >= 15 is 0 Å². The second-order valence-electron chi connectivity index (χ2n) is 5.37. The van der Waals surface area contributed by atoms with Crippen LogP contribution in [0.2, 0.25) is 0 Å². The Kier molecular flexibility index (Phi) is 4.89. The van der Waals surface area contributed by atoms with E-state index in [2.05, 4.69) is 0 Å². The van der Waals surface area contributed by atoms with Crippen LogP contribution in [-0.2, 0) is 20.9 Å². The van der Waals surface area contributed by atoms with Gasteiger partial charge in [-0.1, -0.05) is 12.1 Å². The first-order valence-electron chi connectivity index (χ1n) is 7.21. The third-order valence-corrected chi connectivity index (χ3v) is 7.26. The topological polar surface area (TPSA) is 46.6 Å². The van der Waals surface area contributed by atoms with Crippen LogP contribution in [0.5, 0.6) is 0 Å². The fourth-order valence-electron chi connectivity index (χ4n) is 2.55. The Bertz CT molecular complexity index is 846. The lowest BCUT2D eigenvalue weighted by atomic mass is 10.1. The first kappa shape index (κ1) is 18.3. The third kappa shape index (κ3) is 3.71. The van der Waals surface area contributed by atoms with Crippen LogP contribution in [0, 0.1) is 5.82 Å². The molecule has 1 aliphatic heterocycles. The van der Waals surface area contributed by atoms with Gasteiger partial charge >= 0.3 is 6.18 Å². The van der Waals surface area contributed by atoms with Crippen molar-refractivity contribution in [2.75, 3.05) is 19.8 Å². The molecule has 1 aromatic carbocycles. The molecule has 1 fully saturated rings. The highest BCUT2D eigenvalue weighted by Gasteiger charge is 2.39. The van der Waals surface area contributed by atoms with Crippen molar-refractivity contribution in [1.82, 2.24) is 4.31 Å². The van der Waals surface area contributed by atoms with Crippen molar-refractivity contribution in [1.29, 1.82) is 0 Å². The maximum Gasteiger partial charge on any atom is 0.425 e. The number of halogens is 4. The van der Waals surface area contributed by atoms with E-state index in [4.69, 9.17) is 4.74 Å². The van der Waals surface area contributed by atoms with E-state index in [1.54, 1.807) is 0 Å². The Morgan fingerprint density at radius 1 is 1.12 bits per heavy atom. The molecule has 3 rings (SSSR count). The predicted molar refractivity (Wildman–Crippen MR) is 83.2 cm³/mol. The van der Waals surface area contributed by atoms with Gasteiger partial charge in [-0.05, 0) is 29.8 Å². The number of ether oxygens (including phenoxy) is 1. The largest absolute Gasteiger partial charge is 0.425 e. The Labute approximate surface area is 145 Å². The molecule has 1 atom stereocenters. The summed E-state index contributed by atoms with van der Waals surface area (Å²) in [5.74, 6) is -0.469. The van der Waals surface area contributed by atoms with Crippen LogP contribution in [0.3, 0.4) is 0 Å². The minimum atomic E-state index is -4.60. The van der Waals surface area contributed by atoms with Crippen molar-refractivity contribution in [2.45, 2.75) is 16.4 Å². The molecule has 0 saturated carbocycles. The highest BCUT2D eigenvalue weighted by Crippen LogP contribution is 2.39. The summed E-state index contributed by atoms with van der Waals surface area (Å²) in [6.07, 6.45) is -4.60. The molecule has 0 radical (unpaired) electrons. The second kappa shape index (κ2) is 6.67. The van der Waals surface area contributed by atoms with Crippen molar-refractivity contribution < 1.29 is 30.7 Å². The SMILES string of the molecule is O=S(=O)(c1ccc(C(F)(F)F)s1)N1CCOCC1c1ccc(F)cc1. The van der Waals surface area contributed by atoms with Gasteiger partial charge in [0.1, 0.15) is 14.9 Å². The van der Waals surface area contributed by atoms with E-state index < -0.39 is 32.9 Å². The number of hydrogen-bond donors (Lipinski definition) is 0. The molecule has 10 heteroatoms. The summed E-state index contributed by atoms with van der Waals surface area (Å²) in [4.78, 5) is -0.974. The number of thiophene rings is 1. The Morgan fingerprint density at radius 2 is 1.80 bits per heavy atom. The van der Waals surface area contributed by atoms with Gasteiger partial charge in [-0.25, -0.2) is 12.8 Å². The minimum absolute atomic E-state index is 0.00360. The van der Waals surface area contributed by atoms with Crippen LogP contribution in [0.15, 0.2) is 40.6 Å². The van der Waals surface area contributed by atoms with Crippen molar-refractivity contribution in [3.05, 3.63) is 52.7 Å². The van der Waals surface area contributed by atoms with E-state index in [0.717, 1.165) is 16.4 Å². The minimum Gasteiger partial charge on any atom is -0.378 e. The predicted octanol–water partition coefficient (Wildman–Crippen LogP) is 3.67. The molecule has 1 aromatic heterocycles. The van der Waals surface area contributed by atoms with Gasteiger partial charge in [-0.3, -0.25) is 0 Å². The number of benzene rings is 1. The molecule has 0 bridgehead atoms. The lowest BCUT2D eigenvalue weighted by molar-refractivity contribution is -0.134. The van der Waals surface area contributed by atoms with Crippen molar-refractivity contribution in [3.63, 3.8) is 0 Å². The molecule has 1 aliphatic rings. The van der Waals surface area contributed by atoms with Gasteiger partial charge in [-0.2, -0.15) is 17.5 Å². The van der Waals surface area contributed by atoms with Crippen molar-refractivity contribution >= 4 is 21.4 Å². The van der Waals surface area contributed by atoms with E-state index in [0.29, 0.717) is 5.56 Å². The van der Waals surface area contributed by atoms with E-state index in [1.807, 2.05) is 0 Å². The summed E-state index contributed by atoms with van der Waals surface area (Å²) < 4.78 is 83.0. The molecule has 0 aliphatic carbocycles. The lowest BCUT2D eigenvalue weighted by Gasteiger charge is -2.34. The molecular weight excluding hydrogens is 382 g/mol. The second-order valence-corrected chi connectivity index (χ2v) is 8.58. The molecule has 0 amide bonds. The molecule has 25 heavy (non-hydrogen) atoms. The number of sulfonamides is 1. The summed E-state index contributed by atoms with van der Waals surface area (Å²) in [7, 11) is -4.13. The Hall–Kier alpha value is -1.49. The molecule has 1 saturated heterocycles. The zero-order valence-electron chi connectivity index (χ0n) is 12.7. The summed E-state index contributed by atoms with van der Waals surface area (Å²) >= 11 is 0.185.